The smallest absolute Gasteiger partial charge is 0.218 e. The van der Waals surface area contributed by atoms with Crippen molar-refractivity contribution in [1.82, 2.24) is 4.98 Å². The lowest BCUT2D eigenvalue weighted by atomic mass is 10.4. The Morgan fingerprint density at radius 3 is 2.71 bits per heavy atom. The predicted molar refractivity (Wildman–Crippen MR) is 52.2 cm³/mol. The molecular formula is C10H13FN2O. The Hall–Kier alpha value is -1.32. The first-order valence-corrected chi connectivity index (χ1v) is 4.67. The van der Waals surface area contributed by atoms with Gasteiger partial charge in [-0.2, -0.15) is 4.39 Å². The lowest BCUT2D eigenvalue weighted by molar-refractivity contribution is 0.301. The fourth-order valence-corrected chi connectivity index (χ4v) is 1.14. The summed E-state index contributed by atoms with van der Waals surface area (Å²) < 4.78 is 18.5. The summed E-state index contributed by atoms with van der Waals surface area (Å²) in [6, 6.07) is 3.08. The Labute approximate surface area is 82.5 Å². The molecule has 0 N–H and O–H groups in total. The molecule has 0 spiro atoms. The van der Waals surface area contributed by atoms with Crippen LogP contribution in [0, 0.1) is 5.95 Å². The van der Waals surface area contributed by atoms with Crippen molar-refractivity contribution in [3.63, 3.8) is 0 Å². The number of aromatic nitrogens is 1. The zero-order valence-electron chi connectivity index (χ0n) is 8.33. The zero-order chi connectivity index (χ0) is 10.1. The summed E-state index contributed by atoms with van der Waals surface area (Å²) in [7, 11) is 3.64. The Kier molecular flexibility index (Phi) is 2.27. The van der Waals surface area contributed by atoms with Crippen LogP contribution in [0.1, 0.15) is 12.8 Å². The molecule has 0 aliphatic heterocycles. The largest absolute Gasteiger partial charge is 0.490 e. The lowest BCUT2D eigenvalue weighted by Gasteiger charge is -2.12. The van der Waals surface area contributed by atoms with E-state index < -0.39 is 5.95 Å². The van der Waals surface area contributed by atoms with E-state index in [-0.39, 0.29) is 6.10 Å². The van der Waals surface area contributed by atoms with Crippen LogP contribution in [-0.4, -0.2) is 25.2 Å². The van der Waals surface area contributed by atoms with Crippen molar-refractivity contribution in [2.75, 3.05) is 19.0 Å². The highest BCUT2D eigenvalue weighted by Gasteiger charge is 2.24. The van der Waals surface area contributed by atoms with E-state index in [1.165, 1.54) is 6.07 Å². The second kappa shape index (κ2) is 3.44. The van der Waals surface area contributed by atoms with E-state index in [9.17, 15) is 4.39 Å². The SMILES string of the molecule is CN(C)c1cc(OC2CC2)cc(F)n1. The van der Waals surface area contributed by atoms with E-state index in [0.717, 1.165) is 12.8 Å². The number of hydrogen-bond donors (Lipinski definition) is 0. The summed E-state index contributed by atoms with van der Waals surface area (Å²) in [5, 5.41) is 0. The van der Waals surface area contributed by atoms with Crippen LogP contribution < -0.4 is 9.64 Å². The molecule has 14 heavy (non-hydrogen) atoms. The molecule has 76 valence electrons. The fourth-order valence-electron chi connectivity index (χ4n) is 1.14. The third kappa shape index (κ3) is 2.13. The maximum Gasteiger partial charge on any atom is 0.218 e. The highest BCUT2D eigenvalue weighted by Crippen LogP contribution is 2.28. The number of anilines is 1. The van der Waals surface area contributed by atoms with Crippen LogP contribution in [0.5, 0.6) is 5.75 Å². The first-order valence-electron chi connectivity index (χ1n) is 4.67. The monoisotopic (exact) mass is 196 g/mol. The van der Waals surface area contributed by atoms with Gasteiger partial charge in [0.25, 0.3) is 0 Å². The number of nitrogens with zero attached hydrogens (tertiary/aromatic N) is 2. The van der Waals surface area contributed by atoms with Crippen molar-refractivity contribution in [3.8, 4) is 5.75 Å². The lowest BCUT2D eigenvalue weighted by Crippen LogP contribution is -2.11. The number of rotatable bonds is 3. The molecule has 4 heteroatoms. The molecule has 1 saturated carbocycles. The molecule has 0 amide bonds. The molecule has 0 bridgehead atoms. The predicted octanol–water partition coefficient (Wildman–Crippen LogP) is 1.83. The van der Waals surface area contributed by atoms with Gasteiger partial charge in [0, 0.05) is 26.2 Å². The molecule has 3 nitrogen and oxygen atoms in total. The number of halogens is 1. The zero-order valence-corrected chi connectivity index (χ0v) is 8.33. The number of pyridine rings is 1. The van der Waals surface area contributed by atoms with Crippen molar-refractivity contribution in [2.24, 2.45) is 0 Å². The Balaban J connectivity index is 2.21. The second-order valence-electron chi connectivity index (χ2n) is 3.70. The molecule has 0 saturated heterocycles. The van der Waals surface area contributed by atoms with Gasteiger partial charge in [0.1, 0.15) is 11.6 Å². The highest BCUT2D eigenvalue weighted by atomic mass is 19.1. The molecule has 1 heterocycles. The van der Waals surface area contributed by atoms with Gasteiger partial charge < -0.3 is 9.64 Å². The van der Waals surface area contributed by atoms with Gasteiger partial charge in [0.2, 0.25) is 5.95 Å². The van der Waals surface area contributed by atoms with E-state index in [4.69, 9.17) is 4.74 Å². The van der Waals surface area contributed by atoms with E-state index in [1.807, 2.05) is 14.1 Å². The molecule has 1 fully saturated rings. The first kappa shape index (κ1) is 9.24. The number of hydrogen-bond acceptors (Lipinski definition) is 3. The molecule has 1 aliphatic rings. The molecule has 1 aromatic rings. The quantitative estimate of drug-likeness (QED) is 0.689. The van der Waals surface area contributed by atoms with Crippen molar-refractivity contribution in [3.05, 3.63) is 18.1 Å². The minimum absolute atomic E-state index is 0.284. The maximum absolute atomic E-state index is 13.0. The topological polar surface area (TPSA) is 25.4 Å². The van der Waals surface area contributed by atoms with Gasteiger partial charge in [-0.3, -0.25) is 0 Å². The summed E-state index contributed by atoms with van der Waals surface area (Å²) in [6.07, 6.45) is 2.43. The molecular weight excluding hydrogens is 183 g/mol. The summed E-state index contributed by atoms with van der Waals surface area (Å²) in [6.45, 7) is 0. The minimum Gasteiger partial charge on any atom is -0.490 e. The molecule has 1 aliphatic carbocycles. The molecule has 0 unspecified atom stereocenters. The summed E-state index contributed by atoms with van der Waals surface area (Å²) in [5.74, 6) is 0.663. The van der Waals surface area contributed by atoms with Crippen LogP contribution in [0.3, 0.4) is 0 Å². The molecule has 0 radical (unpaired) electrons. The van der Waals surface area contributed by atoms with E-state index >= 15 is 0 Å². The average Bonchev–Trinajstić information content (AvgIpc) is 2.87. The van der Waals surface area contributed by atoms with Crippen LogP contribution in [-0.2, 0) is 0 Å². The van der Waals surface area contributed by atoms with Crippen molar-refractivity contribution >= 4 is 5.82 Å². The normalized spacial score (nSPS) is 15.4. The van der Waals surface area contributed by atoms with Crippen LogP contribution in [0.25, 0.3) is 0 Å². The third-order valence-corrected chi connectivity index (χ3v) is 2.04. The van der Waals surface area contributed by atoms with Crippen molar-refractivity contribution in [2.45, 2.75) is 18.9 Å². The average molecular weight is 196 g/mol. The standard InChI is InChI=1S/C10H13FN2O/c1-13(2)10-6-8(5-9(11)12-10)14-7-3-4-7/h5-7H,3-4H2,1-2H3. The maximum atomic E-state index is 13.0. The van der Waals surface area contributed by atoms with Crippen LogP contribution in [0.4, 0.5) is 10.2 Å². The molecule has 0 atom stereocenters. The van der Waals surface area contributed by atoms with Crippen molar-refractivity contribution in [1.29, 1.82) is 0 Å². The minimum atomic E-state index is -0.494. The summed E-state index contributed by atoms with van der Waals surface area (Å²) in [5.41, 5.74) is 0. The Morgan fingerprint density at radius 1 is 1.43 bits per heavy atom. The van der Waals surface area contributed by atoms with E-state index in [1.54, 1.807) is 11.0 Å². The fraction of sp³-hybridized carbons (Fsp3) is 0.500. The Morgan fingerprint density at radius 2 is 2.14 bits per heavy atom. The van der Waals surface area contributed by atoms with Gasteiger partial charge in [-0.1, -0.05) is 0 Å². The van der Waals surface area contributed by atoms with Gasteiger partial charge in [0.15, 0.2) is 0 Å². The van der Waals surface area contributed by atoms with Crippen LogP contribution in [0.15, 0.2) is 12.1 Å². The molecule has 2 rings (SSSR count). The van der Waals surface area contributed by atoms with Crippen LogP contribution >= 0.6 is 0 Å². The van der Waals surface area contributed by atoms with E-state index in [2.05, 4.69) is 4.98 Å². The van der Waals surface area contributed by atoms with Gasteiger partial charge in [-0.25, -0.2) is 4.98 Å². The first-order chi connectivity index (χ1) is 6.65. The number of ether oxygens (including phenoxy) is 1. The second-order valence-corrected chi connectivity index (χ2v) is 3.70. The van der Waals surface area contributed by atoms with Gasteiger partial charge in [-0.05, 0) is 12.8 Å². The van der Waals surface area contributed by atoms with Crippen molar-refractivity contribution < 1.29 is 9.13 Å². The molecule has 1 aromatic heterocycles. The van der Waals surface area contributed by atoms with Crippen LogP contribution in [0.2, 0.25) is 0 Å². The Bertz CT molecular complexity index is 337. The van der Waals surface area contributed by atoms with Gasteiger partial charge in [0.05, 0.1) is 6.10 Å². The van der Waals surface area contributed by atoms with Gasteiger partial charge >= 0.3 is 0 Å². The summed E-state index contributed by atoms with van der Waals surface area (Å²) >= 11 is 0. The van der Waals surface area contributed by atoms with Gasteiger partial charge in [-0.15, -0.1) is 0 Å². The molecule has 0 aromatic carbocycles. The summed E-state index contributed by atoms with van der Waals surface area (Å²) in [4.78, 5) is 5.49. The highest BCUT2D eigenvalue weighted by molar-refractivity contribution is 5.42. The third-order valence-electron chi connectivity index (χ3n) is 2.04. The van der Waals surface area contributed by atoms with E-state index in [0.29, 0.717) is 11.6 Å².